The number of ether oxygens (including phenoxy) is 2. The van der Waals surface area contributed by atoms with Crippen LogP contribution in [0.15, 0.2) is 54.6 Å². The first-order chi connectivity index (χ1) is 15.1. The summed E-state index contributed by atoms with van der Waals surface area (Å²) in [6, 6.07) is 17.3. The van der Waals surface area contributed by atoms with Gasteiger partial charge in [-0.15, -0.1) is 0 Å². The number of carbonyl (C=O) groups excluding carboxylic acids is 1. The molecule has 164 valence electrons. The topological polar surface area (TPSA) is 68.6 Å². The smallest absolute Gasteiger partial charge is 0.317 e. The van der Waals surface area contributed by atoms with Crippen LogP contribution >= 0.6 is 0 Å². The molecule has 0 atom stereocenters. The summed E-state index contributed by atoms with van der Waals surface area (Å²) in [4.78, 5) is 14.5. The Morgan fingerprint density at radius 1 is 1.06 bits per heavy atom. The highest BCUT2D eigenvalue weighted by molar-refractivity contribution is 5.75. The molecule has 0 spiro atoms. The van der Waals surface area contributed by atoms with E-state index < -0.39 is 0 Å². The predicted octanol–water partition coefficient (Wildman–Crippen LogP) is 4.83. The van der Waals surface area contributed by atoms with Gasteiger partial charge in [0.25, 0.3) is 0 Å². The van der Waals surface area contributed by atoms with Gasteiger partial charge in [0.05, 0.1) is 19.2 Å². The lowest BCUT2D eigenvalue weighted by Gasteiger charge is -2.23. The number of benzene rings is 2. The Bertz CT molecular complexity index is 1000. The Kier molecular flexibility index (Phi) is 7.54. The molecule has 0 fully saturated rings. The predicted molar refractivity (Wildman–Crippen MR) is 121 cm³/mol. The average molecular weight is 423 g/mol. The maximum absolute atomic E-state index is 12.7. The van der Waals surface area contributed by atoms with Crippen molar-refractivity contribution in [3.63, 3.8) is 0 Å². The van der Waals surface area contributed by atoms with Crippen LogP contribution in [-0.4, -0.2) is 40.9 Å². The zero-order valence-corrected chi connectivity index (χ0v) is 18.6. The summed E-state index contributed by atoms with van der Waals surface area (Å²) in [6.07, 6.45) is 0.848. The van der Waals surface area contributed by atoms with Crippen molar-refractivity contribution < 1.29 is 14.3 Å². The molecule has 0 saturated carbocycles. The van der Waals surface area contributed by atoms with Crippen molar-refractivity contribution in [2.45, 2.75) is 26.8 Å². The second-order valence-corrected chi connectivity index (χ2v) is 7.13. The van der Waals surface area contributed by atoms with E-state index in [4.69, 9.17) is 14.6 Å². The summed E-state index contributed by atoms with van der Waals surface area (Å²) in [5, 5.41) is 7.65. The highest BCUT2D eigenvalue weighted by Gasteiger charge is 2.24. The molecule has 0 aliphatic heterocycles. The molecule has 0 radical (unpaired) electrons. The summed E-state index contributed by atoms with van der Waals surface area (Å²) < 4.78 is 13.5. The van der Waals surface area contributed by atoms with Gasteiger partial charge in [-0.05, 0) is 25.5 Å². The van der Waals surface area contributed by atoms with Crippen LogP contribution in [0, 0.1) is 0 Å². The fourth-order valence-corrected chi connectivity index (χ4v) is 3.43. The van der Waals surface area contributed by atoms with E-state index in [1.54, 1.807) is 16.7 Å². The lowest BCUT2D eigenvalue weighted by molar-refractivity contribution is 0.195. The third-order valence-corrected chi connectivity index (χ3v) is 4.87. The molecule has 1 N–H and O–H groups in total. The number of hydrogen-bond acceptors (Lipinski definition) is 4. The molecule has 0 unspecified atom stereocenters. The Balaban J connectivity index is 2.07. The van der Waals surface area contributed by atoms with Gasteiger partial charge in [0.2, 0.25) is 5.88 Å². The Labute approximate surface area is 183 Å². The molecule has 7 heteroatoms. The van der Waals surface area contributed by atoms with Gasteiger partial charge in [0.1, 0.15) is 5.69 Å². The molecule has 1 heterocycles. The number of nitrogens with one attached hydrogen (secondary N) is 1. The van der Waals surface area contributed by atoms with Gasteiger partial charge >= 0.3 is 6.03 Å². The van der Waals surface area contributed by atoms with E-state index in [9.17, 15) is 4.79 Å². The first-order valence-electron chi connectivity index (χ1n) is 10.5. The number of hydrogen-bond donors (Lipinski definition) is 1. The number of amides is 2. The molecule has 2 amide bonds. The third-order valence-electron chi connectivity index (χ3n) is 4.87. The number of urea groups is 1. The first kappa shape index (κ1) is 22.2. The highest BCUT2D eigenvalue weighted by Crippen LogP contribution is 2.37. The quantitative estimate of drug-likeness (QED) is 0.536. The first-order valence-corrected chi connectivity index (χ1v) is 10.5. The molecule has 0 bridgehead atoms. The molecule has 0 saturated heterocycles. The fourth-order valence-electron chi connectivity index (χ4n) is 3.43. The summed E-state index contributed by atoms with van der Waals surface area (Å²) in [6.45, 7) is 5.55. The third kappa shape index (κ3) is 5.17. The second kappa shape index (κ2) is 10.5. The van der Waals surface area contributed by atoms with Crippen molar-refractivity contribution in [1.82, 2.24) is 20.0 Å². The Hall–Kier alpha value is -3.48. The van der Waals surface area contributed by atoms with Gasteiger partial charge in [-0.1, -0.05) is 49.4 Å². The highest BCUT2D eigenvalue weighted by atomic mass is 16.5. The van der Waals surface area contributed by atoms with Crippen molar-refractivity contribution in [1.29, 1.82) is 0 Å². The summed E-state index contributed by atoms with van der Waals surface area (Å²) in [7, 11) is 3.46. The summed E-state index contributed by atoms with van der Waals surface area (Å²) in [5.74, 6) is 1.80. The van der Waals surface area contributed by atoms with Gasteiger partial charge in [-0.25, -0.2) is 9.48 Å². The minimum atomic E-state index is -0.101. The monoisotopic (exact) mass is 422 g/mol. The number of para-hydroxylation sites is 2. The number of rotatable bonds is 9. The fraction of sp³-hybridized carbons (Fsp3) is 0.333. The van der Waals surface area contributed by atoms with Crippen LogP contribution < -0.4 is 14.8 Å². The number of aromatic nitrogens is 2. The minimum absolute atomic E-state index is 0.101. The van der Waals surface area contributed by atoms with Crippen LogP contribution in [0.3, 0.4) is 0 Å². The van der Waals surface area contributed by atoms with E-state index in [-0.39, 0.29) is 6.03 Å². The number of methoxy groups -OCH3 is 1. The van der Waals surface area contributed by atoms with Crippen LogP contribution in [0.4, 0.5) is 4.79 Å². The molecule has 3 rings (SSSR count). The van der Waals surface area contributed by atoms with Gasteiger partial charge in [0, 0.05) is 25.7 Å². The van der Waals surface area contributed by atoms with E-state index in [2.05, 4.69) is 12.2 Å². The lowest BCUT2D eigenvalue weighted by Crippen LogP contribution is -2.39. The van der Waals surface area contributed by atoms with Crippen LogP contribution in [0.25, 0.3) is 11.3 Å². The van der Waals surface area contributed by atoms with Crippen LogP contribution in [0.1, 0.15) is 25.8 Å². The zero-order chi connectivity index (χ0) is 22.2. The second-order valence-electron chi connectivity index (χ2n) is 7.13. The molecule has 3 aromatic rings. The lowest BCUT2D eigenvalue weighted by atomic mass is 10.1. The average Bonchev–Trinajstić information content (AvgIpc) is 3.09. The van der Waals surface area contributed by atoms with Crippen molar-refractivity contribution in [2.24, 2.45) is 7.05 Å². The molecular formula is C24H30N4O3. The SMILES string of the molecule is CCCN(Cc1c(-c2ccccc2)nn(C)c1Oc1ccccc1OC)C(=O)NCC. The van der Waals surface area contributed by atoms with Gasteiger partial charge in [0.15, 0.2) is 11.5 Å². The molecule has 0 aliphatic carbocycles. The van der Waals surface area contributed by atoms with Crippen molar-refractivity contribution in [3.05, 3.63) is 60.2 Å². The van der Waals surface area contributed by atoms with Gasteiger partial charge in [-0.2, -0.15) is 5.10 Å². The van der Waals surface area contributed by atoms with Crippen molar-refractivity contribution in [2.75, 3.05) is 20.2 Å². The Morgan fingerprint density at radius 3 is 2.39 bits per heavy atom. The van der Waals surface area contributed by atoms with Crippen LogP contribution in [-0.2, 0) is 13.6 Å². The summed E-state index contributed by atoms with van der Waals surface area (Å²) >= 11 is 0. The summed E-state index contributed by atoms with van der Waals surface area (Å²) in [5.41, 5.74) is 2.60. The van der Waals surface area contributed by atoms with E-state index in [1.165, 1.54) is 0 Å². The molecule has 2 aromatic carbocycles. The van der Waals surface area contributed by atoms with E-state index in [0.29, 0.717) is 37.0 Å². The number of aryl methyl sites for hydroxylation is 1. The van der Waals surface area contributed by atoms with Gasteiger partial charge < -0.3 is 19.7 Å². The molecule has 31 heavy (non-hydrogen) atoms. The molecule has 7 nitrogen and oxygen atoms in total. The zero-order valence-electron chi connectivity index (χ0n) is 18.6. The maximum Gasteiger partial charge on any atom is 0.317 e. The largest absolute Gasteiger partial charge is 0.493 e. The van der Waals surface area contributed by atoms with E-state index in [0.717, 1.165) is 23.2 Å². The van der Waals surface area contributed by atoms with E-state index >= 15 is 0 Å². The Morgan fingerprint density at radius 2 is 1.74 bits per heavy atom. The number of carbonyl (C=O) groups is 1. The van der Waals surface area contributed by atoms with Gasteiger partial charge in [-0.3, -0.25) is 0 Å². The van der Waals surface area contributed by atoms with Crippen LogP contribution in [0.5, 0.6) is 17.4 Å². The molecule has 1 aromatic heterocycles. The molecule has 0 aliphatic rings. The van der Waals surface area contributed by atoms with Crippen LogP contribution in [0.2, 0.25) is 0 Å². The normalized spacial score (nSPS) is 10.6. The van der Waals surface area contributed by atoms with E-state index in [1.807, 2.05) is 68.6 Å². The number of nitrogens with zero attached hydrogens (tertiary/aromatic N) is 3. The standard InChI is InChI=1S/C24H30N4O3/c1-5-16-28(24(29)25-6-2)17-19-22(18-12-8-7-9-13-18)26-27(3)23(19)31-21-15-11-10-14-20(21)30-4/h7-15H,5-6,16-17H2,1-4H3,(H,25,29). The van der Waals surface area contributed by atoms with Crippen molar-refractivity contribution >= 4 is 6.03 Å². The minimum Gasteiger partial charge on any atom is -0.493 e. The maximum atomic E-state index is 12.7. The molecular weight excluding hydrogens is 392 g/mol. The van der Waals surface area contributed by atoms with Crippen molar-refractivity contribution in [3.8, 4) is 28.6 Å².